The van der Waals surface area contributed by atoms with E-state index in [0.29, 0.717) is 18.8 Å². The van der Waals surface area contributed by atoms with Crippen molar-refractivity contribution in [3.63, 3.8) is 0 Å². The van der Waals surface area contributed by atoms with Crippen LogP contribution in [-0.2, 0) is 11.8 Å². The average molecular weight is 524 g/mol. The lowest BCUT2D eigenvalue weighted by atomic mass is 9.86. The molecule has 0 saturated carbocycles. The minimum absolute atomic E-state index is 0. The van der Waals surface area contributed by atoms with Crippen LogP contribution in [0.2, 0.25) is 0 Å². The molecule has 0 radical (unpaired) electrons. The highest BCUT2D eigenvalue weighted by Gasteiger charge is 2.25. The van der Waals surface area contributed by atoms with Crippen LogP contribution in [0, 0.1) is 0 Å². The van der Waals surface area contributed by atoms with Gasteiger partial charge in [-0.25, -0.2) is 0 Å². The molecule has 0 aliphatic carbocycles. The average Bonchev–Trinajstić information content (AvgIpc) is 3.25. The van der Waals surface area contributed by atoms with Gasteiger partial charge in [-0.1, -0.05) is 45.0 Å². The Morgan fingerprint density at radius 2 is 1.70 bits per heavy atom. The molecule has 1 aromatic heterocycles. The Hall–Kier alpha value is -2.03. The van der Waals surface area contributed by atoms with Crippen molar-refractivity contribution in [1.29, 1.82) is 0 Å². The monoisotopic (exact) mass is 524 g/mol. The standard InChI is InChI=1S/C23H32N4O2.HI/c1-23(2,3)19-9-7-18(8-10-19)11-12-25-22(24-4)27-15-13-26(14-16-27)21(28)20-6-5-17-29-20;/h5-10,17H,11-16H2,1-4H3,(H,24,25);1H. The Bertz CT molecular complexity index is 818. The molecule has 1 aliphatic heterocycles. The third kappa shape index (κ3) is 6.23. The Morgan fingerprint density at radius 3 is 2.23 bits per heavy atom. The number of aliphatic imine (C=N–C) groups is 1. The Labute approximate surface area is 196 Å². The normalized spacial score (nSPS) is 15.0. The molecule has 2 aromatic rings. The van der Waals surface area contributed by atoms with Gasteiger partial charge in [0.1, 0.15) is 0 Å². The van der Waals surface area contributed by atoms with Gasteiger partial charge in [0.2, 0.25) is 0 Å². The highest BCUT2D eigenvalue weighted by Crippen LogP contribution is 2.22. The zero-order valence-corrected chi connectivity index (χ0v) is 20.7. The summed E-state index contributed by atoms with van der Waals surface area (Å²) in [5.74, 6) is 1.25. The van der Waals surface area contributed by atoms with Gasteiger partial charge in [-0.2, -0.15) is 0 Å². The smallest absolute Gasteiger partial charge is 0.289 e. The Kier molecular flexibility index (Phi) is 8.76. The van der Waals surface area contributed by atoms with Crippen molar-refractivity contribution in [2.24, 2.45) is 4.99 Å². The lowest BCUT2D eigenvalue weighted by Gasteiger charge is -2.36. The first-order valence-electron chi connectivity index (χ1n) is 10.3. The molecule has 0 atom stereocenters. The molecule has 1 saturated heterocycles. The summed E-state index contributed by atoms with van der Waals surface area (Å²) in [5.41, 5.74) is 2.85. The molecule has 7 heteroatoms. The molecule has 3 rings (SSSR count). The number of benzene rings is 1. The number of nitrogens with zero attached hydrogens (tertiary/aromatic N) is 3. The van der Waals surface area contributed by atoms with Crippen LogP contribution in [0.1, 0.15) is 42.5 Å². The highest BCUT2D eigenvalue weighted by molar-refractivity contribution is 14.0. The summed E-state index contributed by atoms with van der Waals surface area (Å²) >= 11 is 0. The fourth-order valence-corrected chi connectivity index (χ4v) is 3.50. The van der Waals surface area contributed by atoms with E-state index in [9.17, 15) is 4.79 Å². The molecular weight excluding hydrogens is 491 g/mol. The van der Waals surface area contributed by atoms with Gasteiger partial charge >= 0.3 is 0 Å². The molecule has 0 spiro atoms. The van der Waals surface area contributed by atoms with Crippen LogP contribution in [0.5, 0.6) is 0 Å². The van der Waals surface area contributed by atoms with Crippen molar-refractivity contribution in [2.75, 3.05) is 39.8 Å². The van der Waals surface area contributed by atoms with E-state index in [1.54, 1.807) is 19.2 Å². The van der Waals surface area contributed by atoms with E-state index in [1.165, 1.54) is 17.4 Å². The minimum atomic E-state index is -0.0451. The van der Waals surface area contributed by atoms with Crippen molar-refractivity contribution in [1.82, 2.24) is 15.1 Å². The molecule has 1 aliphatic rings. The first-order chi connectivity index (χ1) is 13.9. The van der Waals surface area contributed by atoms with E-state index in [4.69, 9.17) is 4.42 Å². The van der Waals surface area contributed by atoms with Gasteiger partial charge in [-0.3, -0.25) is 9.79 Å². The molecule has 6 nitrogen and oxygen atoms in total. The number of hydrogen-bond donors (Lipinski definition) is 1. The van der Waals surface area contributed by atoms with Gasteiger partial charge in [-0.05, 0) is 35.1 Å². The van der Waals surface area contributed by atoms with E-state index >= 15 is 0 Å². The second kappa shape index (κ2) is 10.8. The summed E-state index contributed by atoms with van der Waals surface area (Å²) < 4.78 is 5.22. The highest BCUT2D eigenvalue weighted by atomic mass is 127. The first kappa shape index (κ1) is 24.2. The van der Waals surface area contributed by atoms with Crippen LogP contribution in [0.4, 0.5) is 0 Å². The SMILES string of the molecule is CN=C(NCCc1ccc(C(C)(C)C)cc1)N1CCN(C(=O)c2ccco2)CC1.I. The summed E-state index contributed by atoms with van der Waals surface area (Å²) in [5, 5.41) is 3.46. The van der Waals surface area contributed by atoms with Crippen LogP contribution >= 0.6 is 24.0 Å². The number of carbonyl (C=O) groups excluding carboxylic acids is 1. The fraction of sp³-hybridized carbons (Fsp3) is 0.478. The molecule has 0 bridgehead atoms. The number of piperazine rings is 1. The quantitative estimate of drug-likeness (QED) is 0.376. The number of furan rings is 1. The van der Waals surface area contributed by atoms with Crippen LogP contribution in [-0.4, -0.2) is 61.4 Å². The van der Waals surface area contributed by atoms with Crippen LogP contribution < -0.4 is 5.32 Å². The maximum Gasteiger partial charge on any atom is 0.289 e. The number of halogens is 1. The zero-order valence-electron chi connectivity index (χ0n) is 18.4. The van der Waals surface area contributed by atoms with E-state index in [1.807, 2.05) is 4.90 Å². The van der Waals surface area contributed by atoms with E-state index in [2.05, 4.69) is 60.2 Å². The van der Waals surface area contributed by atoms with Gasteiger partial charge in [0, 0.05) is 39.8 Å². The molecule has 164 valence electrons. The van der Waals surface area contributed by atoms with Crippen molar-refractivity contribution in [3.8, 4) is 0 Å². The van der Waals surface area contributed by atoms with Crippen LogP contribution in [0.3, 0.4) is 0 Å². The summed E-state index contributed by atoms with van der Waals surface area (Å²) in [6, 6.07) is 12.3. The molecule has 30 heavy (non-hydrogen) atoms. The van der Waals surface area contributed by atoms with Crippen LogP contribution in [0.15, 0.2) is 52.1 Å². The van der Waals surface area contributed by atoms with Crippen LogP contribution in [0.25, 0.3) is 0 Å². The minimum Gasteiger partial charge on any atom is -0.459 e. The predicted octanol–water partition coefficient (Wildman–Crippen LogP) is 3.77. The predicted molar refractivity (Wildman–Crippen MR) is 132 cm³/mol. The largest absolute Gasteiger partial charge is 0.459 e. The first-order valence-corrected chi connectivity index (χ1v) is 10.3. The zero-order chi connectivity index (χ0) is 20.9. The van der Waals surface area contributed by atoms with E-state index < -0.39 is 0 Å². The Morgan fingerprint density at radius 1 is 1.07 bits per heavy atom. The molecular formula is C23H33IN4O2. The van der Waals surface area contributed by atoms with Crippen molar-refractivity contribution >= 4 is 35.8 Å². The molecule has 0 unspecified atom stereocenters. The van der Waals surface area contributed by atoms with Gasteiger partial charge < -0.3 is 19.5 Å². The lowest BCUT2D eigenvalue weighted by Crippen LogP contribution is -2.54. The van der Waals surface area contributed by atoms with Gasteiger partial charge in [0.25, 0.3) is 5.91 Å². The number of rotatable bonds is 4. The van der Waals surface area contributed by atoms with Crippen molar-refractivity contribution in [2.45, 2.75) is 32.6 Å². The van der Waals surface area contributed by atoms with Gasteiger partial charge in [0.05, 0.1) is 6.26 Å². The molecule has 1 fully saturated rings. The fourth-order valence-electron chi connectivity index (χ4n) is 3.50. The third-order valence-corrected chi connectivity index (χ3v) is 5.33. The Balaban J connectivity index is 0.00000320. The topological polar surface area (TPSA) is 61.1 Å². The number of nitrogens with one attached hydrogen (secondary N) is 1. The number of hydrogen-bond acceptors (Lipinski definition) is 3. The third-order valence-electron chi connectivity index (χ3n) is 5.33. The summed E-state index contributed by atoms with van der Waals surface area (Å²) in [4.78, 5) is 20.8. The summed E-state index contributed by atoms with van der Waals surface area (Å²) in [6.07, 6.45) is 2.48. The lowest BCUT2D eigenvalue weighted by molar-refractivity contribution is 0.0658. The number of amides is 1. The molecule has 1 amide bonds. The van der Waals surface area contributed by atoms with E-state index in [0.717, 1.165) is 32.0 Å². The molecule has 1 N–H and O–H groups in total. The summed E-state index contributed by atoms with van der Waals surface area (Å²) in [7, 11) is 1.81. The van der Waals surface area contributed by atoms with E-state index in [-0.39, 0.29) is 35.3 Å². The maximum atomic E-state index is 12.4. The number of guanidine groups is 1. The number of carbonyl (C=O) groups is 1. The van der Waals surface area contributed by atoms with Crippen molar-refractivity contribution < 1.29 is 9.21 Å². The summed E-state index contributed by atoms with van der Waals surface area (Å²) in [6.45, 7) is 10.4. The molecule has 2 heterocycles. The molecule has 1 aromatic carbocycles. The second-order valence-corrected chi connectivity index (χ2v) is 8.43. The maximum absolute atomic E-state index is 12.4. The van der Waals surface area contributed by atoms with Gasteiger partial charge in [0.15, 0.2) is 11.7 Å². The second-order valence-electron chi connectivity index (χ2n) is 8.43. The van der Waals surface area contributed by atoms with Crippen molar-refractivity contribution in [3.05, 3.63) is 59.5 Å². The van der Waals surface area contributed by atoms with Gasteiger partial charge in [-0.15, -0.1) is 24.0 Å².